The van der Waals surface area contributed by atoms with E-state index in [-0.39, 0.29) is 70.0 Å². The number of hydrogen-bond acceptors (Lipinski definition) is 6. The molecule has 1 aliphatic heterocycles. The summed E-state index contributed by atoms with van der Waals surface area (Å²) in [6.45, 7) is 13.0. The Morgan fingerprint density at radius 3 is 2.28 bits per heavy atom. The lowest BCUT2D eigenvalue weighted by Crippen LogP contribution is -2.58. The molecule has 1 amide bonds. The molecule has 3 aromatic heterocycles. The van der Waals surface area contributed by atoms with Gasteiger partial charge in [-0.15, -0.1) is 0 Å². The van der Waals surface area contributed by atoms with E-state index < -0.39 is 45.1 Å². The molecular formula is C33H28Cl2F4N6O2. The zero-order valence-electron chi connectivity index (χ0n) is 25.9. The summed E-state index contributed by atoms with van der Waals surface area (Å²) in [4.78, 5) is 39.4. The van der Waals surface area contributed by atoms with Gasteiger partial charge in [0, 0.05) is 36.8 Å². The number of fused-ring (bicyclic) bond motifs is 1. The normalized spacial score (nSPS) is 16.6. The van der Waals surface area contributed by atoms with Crippen molar-refractivity contribution < 1.29 is 22.4 Å². The number of carbonyl (C=O) groups excluding carboxylic acids is 1. The lowest BCUT2D eigenvalue weighted by atomic mass is 10.0. The van der Waals surface area contributed by atoms with Gasteiger partial charge in [0.15, 0.2) is 23.3 Å². The van der Waals surface area contributed by atoms with Gasteiger partial charge in [0.25, 0.3) is 5.56 Å². The molecule has 244 valence electrons. The monoisotopic (exact) mass is 686 g/mol. The molecular weight excluding hydrogens is 659 g/mol. The molecule has 4 aromatic rings. The van der Waals surface area contributed by atoms with Gasteiger partial charge < -0.3 is 9.80 Å². The summed E-state index contributed by atoms with van der Waals surface area (Å²) in [6.07, 6.45) is 2.77. The van der Waals surface area contributed by atoms with E-state index in [4.69, 9.17) is 23.2 Å². The lowest BCUT2D eigenvalue weighted by molar-refractivity contribution is -0.130. The van der Waals surface area contributed by atoms with Crippen LogP contribution in [-0.2, 0) is 4.79 Å². The SMILES string of the molecule is C=CC(=O)N1[C@H](C)CN(c2c(C#N)c(=O)n(-c3c(C)ccnc3C(C)C)c3nc(-c4c(F)c(F)c(F)c(F)c4Cl)c(Cl)cc23)C[C@@H]1C. The number of aromatic nitrogens is 3. The van der Waals surface area contributed by atoms with Crippen molar-refractivity contribution in [3.05, 3.63) is 91.5 Å². The van der Waals surface area contributed by atoms with Crippen LogP contribution in [0.4, 0.5) is 23.2 Å². The highest BCUT2D eigenvalue weighted by Crippen LogP contribution is 2.42. The number of amides is 1. The quantitative estimate of drug-likeness (QED) is 0.0952. The number of carbonyl (C=O) groups is 1. The van der Waals surface area contributed by atoms with Crippen LogP contribution in [0.15, 0.2) is 35.8 Å². The van der Waals surface area contributed by atoms with Crippen molar-refractivity contribution in [1.82, 2.24) is 19.4 Å². The maximum atomic E-state index is 15.3. The molecule has 0 N–H and O–H groups in total. The molecule has 0 unspecified atom stereocenters. The Morgan fingerprint density at radius 2 is 1.70 bits per heavy atom. The fraction of sp³-hybridized carbons (Fsp3) is 0.303. The Labute approximate surface area is 277 Å². The maximum absolute atomic E-state index is 15.3. The number of nitrogens with zero attached hydrogens (tertiary/aromatic N) is 6. The molecule has 1 saturated heterocycles. The molecule has 8 nitrogen and oxygen atoms in total. The van der Waals surface area contributed by atoms with E-state index in [2.05, 4.69) is 16.5 Å². The summed E-state index contributed by atoms with van der Waals surface area (Å²) in [7, 11) is 0. The Morgan fingerprint density at radius 1 is 1.09 bits per heavy atom. The predicted octanol–water partition coefficient (Wildman–Crippen LogP) is 7.23. The van der Waals surface area contributed by atoms with Gasteiger partial charge in [-0.3, -0.25) is 19.1 Å². The predicted molar refractivity (Wildman–Crippen MR) is 172 cm³/mol. The zero-order chi connectivity index (χ0) is 34.6. The first-order chi connectivity index (χ1) is 22.2. The van der Waals surface area contributed by atoms with Gasteiger partial charge in [0.05, 0.1) is 38.4 Å². The van der Waals surface area contributed by atoms with E-state index in [0.29, 0.717) is 11.3 Å². The van der Waals surface area contributed by atoms with Crippen LogP contribution in [-0.4, -0.2) is 50.5 Å². The number of piperazine rings is 1. The first-order valence-corrected chi connectivity index (χ1v) is 15.3. The van der Waals surface area contributed by atoms with Crippen molar-refractivity contribution in [1.29, 1.82) is 5.26 Å². The second-order valence-electron chi connectivity index (χ2n) is 11.7. The van der Waals surface area contributed by atoms with E-state index in [9.17, 15) is 28.0 Å². The van der Waals surface area contributed by atoms with E-state index in [0.717, 1.165) is 4.57 Å². The number of aryl methyl sites for hydroxylation is 1. The third-order valence-corrected chi connectivity index (χ3v) is 8.87. The number of nitriles is 1. The summed E-state index contributed by atoms with van der Waals surface area (Å²) in [6, 6.07) is 4.19. The largest absolute Gasteiger partial charge is 0.366 e. The molecule has 47 heavy (non-hydrogen) atoms. The van der Waals surface area contributed by atoms with E-state index in [1.165, 1.54) is 12.1 Å². The third kappa shape index (κ3) is 5.41. The fourth-order valence-corrected chi connectivity index (χ4v) is 6.72. The van der Waals surface area contributed by atoms with Gasteiger partial charge in [-0.25, -0.2) is 22.5 Å². The van der Waals surface area contributed by atoms with Crippen LogP contribution in [0.3, 0.4) is 0 Å². The second-order valence-corrected chi connectivity index (χ2v) is 12.5. The second kappa shape index (κ2) is 12.6. The van der Waals surface area contributed by atoms with Gasteiger partial charge in [-0.2, -0.15) is 5.26 Å². The van der Waals surface area contributed by atoms with Gasteiger partial charge in [0.1, 0.15) is 17.3 Å². The van der Waals surface area contributed by atoms with Gasteiger partial charge in [0.2, 0.25) is 5.91 Å². The summed E-state index contributed by atoms with van der Waals surface area (Å²) >= 11 is 12.6. The van der Waals surface area contributed by atoms with Gasteiger partial charge in [-0.05, 0) is 50.5 Å². The number of pyridine rings is 3. The first kappa shape index (κ1) is 33.9. The lowest BCUT2D eigenvalue weighted by Gasteiger charge is -2.45. The Hall–Kier alpha value is -4.47. The number of benzene rings is 1. The fourth-order valence-electron chi connectivity index (χ4n) is 6.22. The first-order valence-electron chi connectivity index (χ1n) is 14.5. The maximum Gasteiger partial charge on any atom is 0.276 e. The Kier molecular flexibility index (Phi) is 9.10. The highest BCUT2D eigenvalue weighted by atomic mass is 35.5. The molecule has 0 radical (unpaired) electrons. The van der Waals surface area contributed by atoms with Crippen LogP contribution in [0.2, 0.25) is 10.0 Å². The van der Waals surface area contributed by atoms with Crippen molar-refractivity contribution in [2.75, 3.05) is 18.0 Å². The Balaban J connectivity index is 1.95. The molecule has 0 bridgehead atoms. The van der Waals surface area contributed by atoms with E-state index >= 15 is 4.39 Å². The Bertz CT molecular complexity index is 2050. The molecule has 2 atom stereocenters. The summed E-state index contributed by atoms with van der Waals surface area (Å²) < 4.78 is 59.6. The van der Waals surface area contributed by atoms with Crippen molar-refractivity contribution in [3.63, 3.8) is 0 Å². The molecule has 4 heterocycles. The number of rotatable bonds is 5. The van der Waals surface area contributed by atoms with Crippen molar-refractivity contribution in [2.45, 2.75) is 52.6 Å². The number of hydrogen-bond donors (Lipinski definition) is 0. The zero-order valence-corrected chi connectivity index (χ0v) is 27.4. The molecule has 0 saturated carbocycles. The topological polar surface area (TPSA) is 95.1 Å². The van der Waals surface area contributed by atoms with Gasteiger partial charge in [-0.1, -0.05) is 43.6 Å². The van der Waals surface area contributed by atoms with Crippen LogP contribution in [0, 0.1) is 41.5 Å². The molecule has 0 aliphatic carbocycles. The third-order valence-electron chi connectivity index (χ3n) is 8.22. The summed E-state index contributed by atoms with van der Waals surface area (Å²) in [5.41, 5.74) is -1.29. The average Bonchev–Trinajstić information content (AvgIpc) is 3.02. The highest BCUT2D eigenvalue weighted by Gasteiger charge is 2.36. The minimum Gasteiger partial charge on any atom is -0.366 e. The smallest absolute Gasteiger partial charge is 0.276 e. The van der Waals surface area contributed by atoms with Crippen molar-refractivity contribution >= 4 is 45.8 Å². The molecule has 5 rings (SSSR count). The van der Waals surface area contributed by atoms with Crippen molar-refractivity contribution in [3.8, 4) is 23.0 Å². The highest BCUT2D eigenvalue weighted by molar-refractivity contribution is 6.37. The number of halogens is 6. The van der Waals surface area contributed by atoms with Crippen LogP contribution >= 0.6 is 23.2 Å². The number of anilines is 1. The van der Waals surface area contributed by atoms with E-state index in [1.807, 2.05) is 19.9 Å². The molecule has 1 aromatic carbocycles. The standard InChI is InChI=1S/C33H28Cl2F4N6O2/c1-7-21(46)44-16(5)12-43(13-17(44)6)31-18-10-20(34)29(22-23(35)25(37)27(39)26(38)24(22)36)42-32(18)45(33(47)19(31)11-40)30-15(4)8-9-41-28(30)14(2)3/h7-10,14,16-17H,1,12-13H2,2-6H3/t16-,17+. The van der Waals surface area contributed by atoms with Crippen LogP contribution in [0.25, 0.3) is 28.0 Å². The molecule has 1 aliphatic rings. The molecule has 0 spiro atoms. The molecule has 14 heteroatoms. The average molecular weight is 688 g/mol. The minimum atomic E-state index is -2.13. The summed E-state index contributed by atoms with van der Waals surface area (Å²) in [5, 5.41) is 9.16. The van der Waals surface area contributed by atoms with E-state index in [1.54, 1.807) is 42.8 Å². The van der Waals surface area contributed by atoms with Crippen LogP contribution in [0.1, 0.15) is 50.4 Å². The summed E-state index contributed by atoms with van der Waals surface area (Å²) in [5.74, 6) is -8.44. The van der Waals surface area contributed by atoms with Gasteiger partial charge >= 0.3 is 0 Å². The minimum absolute atomic E-state index is 0.143. The van der Waals surface area contributed by atoms with Crippen LogP contribution in [0.5, 0.6) is 0 Å². The molecule has 1 fully saturated rings. The van der Waals surface area contributed by atoms with Crippen molar-refractivity contribution in [2.24, 2.45) is 0 Å². The van der Waals surface area contributed by atoms with Crippen LogP contribution < -0.4 is 10.5 Å².